The summed E-state index contributed by atoms with van der Waals surface area (Å²) in [4.78, 5) is 16.9. The molecule has 2 aromatic heterocycles. The number of aryl methyl sites for hydroxylation is 1. The highest BCUT2D eigenvalue weighted by atomic mass is 32.1. The molecule has 0 bridgehead atoms. The monoisotopic (exact) mass is 282 g/mol. The van der Waals surface area contributed by atoms with Crippen LogP contribution in [0, 0.1) is 6.92 Å². The number of thiazole rings is 1. The molecule has 0 saturated carbocycles. The van der Waals surface area contributed by atoms with Crippen LogP contribution in [0.15, 0.2) is 17.0 Å². The third-order valence-electron chi connectivity index (χ3n) is 2.41. The predicted molar refractivity (Wildman–Crippen MR) is 74.5 cm³/mol. The quantitative estimate of drug-likeness (QED) is 0.855. The minimum Gasteiger partial charge on any atom is -0.461 e. The molecule has 18 heavy (non-hydrogen) atoms. The lowest BCUT2D eigenvalue weighted by Gasteiger charge is -2.05. The molecule has 0 amide bonds. The van der Waals surface area contributed by atoms with Crippen LogP contribution in [0.1, 0.15) is 27.9 Å². The number of anilines is 1. The van der Waals surface area contributed by atoms with Gasteiger partial charge in [-0.1, -0.05) is 0 Å². The zero-order valence-corrected chi connectivity index (χ0v) is 11.9. The topological polar surface area (TPSA) is 51.2 Å². The van der Waals surface area contributed by atoms with Crippen molar-refractivity contribution in [2.24, 2.45) is 0 Å². The van der Waals surface area contributed by atoms with Gasteiger partial charge in [-0.15, -0.1) is 22.7 Å². The maximum Gasteiger partial charge on any atom is 0.360 e. The molecule has 0 aliphatic heterocycles. The van der Waals surface area contributed by atoms with Gasteiger partial charge in [0.25, 0.3) is 0 Å². The van der Waals surface area contributed by atoms with Crippen molar-refractivity contribution in [3.63, 3.8) is 0 Å². The molecule has 96 valence electrons. The summed E-state index contributed by atoms with van der Waals surface area (Å²) in [7, 11) is 0. The average Bonchev–Trinajstić information content (AvgIpc) is 2.95. The van der Waals surface area contributed by atoms with E-state index in [1.54, 1.807) is 23.8 Å². The Morgan fingerprint density at radius 1 is 1.50 bits per heavy atom. The molecule has 2 aromatic rings. The Hall–Kier alpha value is -1.40. The number of carbonyl (C=O) groups excluding carboxylic acids is 1. The van der Waals surface area contributed by atoms with E-state index in [2.05, 4.69) is 28.7 Å². The molecular weight excluding hydrogens is 268 g/mol. The highest BCUT2D eigenvalue weighted by molar-refractivity contribution is 7.14. The fourth-order valence-electron chi connectivity index (χ4n) is 1.46. The molecule has 2 rings (SSSR count). The lowest BCUT2D eigenvalue weighted by Crippen LogP contribution is -2.08. The minimum absolute atomic E-state index is 0.361. The normalized spacial score (nSPS) is 10.3. The van der Waals surface area contributed by atoms with Crippen molar-refractivity contribution < 1.29 is 9.53 Å². The first-order valence-corrected chi connectivity index (χ1v) is 7.35. The summed E-state index contributed by atoms with van der Waals surface area (Å²) < 4.78 is 4.96. The number of rotatable bonds is 5. The van der Waals surface area contributed by atoms with E-state index in [4.69, 9.17) is 4.74 Å². The van der Waals surface area contributed by atoms with Crippen molar-refractivity contribution in [2.45, 2.75) is 20.4 Å². The molecule has 6 heteroatoms. The van der Waals surface area contributed by atoms with E-state index in [-0.39, 0.29) is 5.97 Å². The van der Waals surface area contributed by atoms with Crippen LogP contribution in [-0.4, -0.2) is 17.6 Å². The highest BCUT2D eigenvalue weighted by Crippen LogP contribution is 2.23. The van der Waals surface area contributed by atoms with Crippen LogP contribution >= 0.6 is 22.7 Å². The van der Waals surface area contributed by atoms with E-state index in [1.165, 1.54) is 21.8 Å². The van der Waals surface area contributed by atoms with Crippen molar-refractivity contribution in [1.29, 1.82) is 0 Å². The molecule has 1 N–H and O–H groups in total. The molecule has 0 radical (unpaired) electrons. The second-order valence-corrected chi connectivity index (χ2v) is 5.49. The molecular formula is C12H14N2O2S2. The van der Waals surface area contributed by atoms with Crippen LogP contribution in [-0.2, 0) is 11.3 Å². The number of hydrogen-bond donors (Lipinski definition) is 1. The van der Waals surface area contributed by atoms with Gasteiger partial charge in [-0.2, -0.15) is 0 Å². The van der Waals surface area contributed by atoms with E-state index < -0.39 is 0 Å². The summed E-state index contributed by atoms with van der Waals surface area (Å²) >= 11 is 3.11. The summed E-state index contributed by atoms with van der Waals surface area (Å²) in [5, 5.41) is 6.07. The number of thiophene rings is 1. The van der Waals surface area contributed by atoms with Crippen molar-refractivity contribution in [2.75, 3.05) is 11.9 Å². The second-order valence-electron chi connectivity index (χ2n) is 3.63. The van der Waals surface area contributed by atoms with Crippen LogP contribution in [0.3, 0.4) is 0 Å². The number of hydrogen-bond acceptors (Lipinski definition) is 6. The van der Waals surface area contributed by atoms with Gasteiger partial charge in [0.2, 0.25) is 0 Å². The molecule has 0 atom stereocenters. The van der Waals surface area contributed by atoms with Crippen LogP contribution < -0.4 is 5.32 Å². The largest absolute Gasteiger partial charge is 0.461 e. The molecule has 0 unspecified atom stereocenters. The van der Waals surface area contributed by atoms with Gasteiger partial charge in [-0.3, -0.25) is 0 Å². The maximum atomic E-state index is 11.6. The van der Waals surface area contributed by atoms with E-state index in [9.17, 15) is 4.79 Å². The lowest BCUT2D eigenvalue weighted by atomic mass is 10.3. The zero-order chi connectivity index (χ0) is 13.0. The van der Waals surface area contributed by atoms with Gasteiger partial charge >= 0.3 is 5.97 Å². The van der Waals surface area contributed by atoms with Gasteiger partial charge in [0.1, 0.15) is 5.00 Å². The van der Waals surface area contributed by atoms with Gasteiger partial charge < -0.3 is 10.1 Å². The van der Waals surface area contributed by atoms with Crippen molar-refractivity contribution >= 4 is 33.6 Å². The van der Waals surface area contributed by atoms with Crippen LogP contribution in [0.2, 0.25) is 0 Å². The minimum atomic E-state index is -0.371. The predicted octanol–water partition coefficient (Wildman–Crippen LogP) is 3.30. The summed E-state index contributed by atoms with van der Waals surface area (Å²) in [6, 6.07) is 2.08. The number of nitrogens with zero attached hydrogens (tertiary/aromatic N) is 1. The molecule has 2 heterocycles. The summed E-state index contributed by atoms with van der Waals surface area (Å²) in [5.41, 5.74) is 3.28. The third-order valence-corrected chi connectivity index (χ3v) is 4.22. The van der Waals surface area contributed by atoms with Gasteiger partial charge in [0.05, 0.1) is 18.7 Å². The Morgan fingerprint density at radius 2 is 2.33 bits per heavy atom. The Balaban J connectivity index is 2.04. The molecule has 0 aliphatic rings. The fraction of sp³-hybridized carbons (Fsp3) is 0.333. The average molecular weight is 282 g/mol. The van der Waals surface area contributed by atoms with E-state index in [1.807, 2.05) is 0 Å². The maximum absolute atomic E-state index is 11.6. The molecule has 0 spiro atoms. The van der Waals surface area contributed by atoms with Gasteiger partial charge in [0, 0.05) is 4.88 Å². The number of nitrogens with one attached hydrogen (secondary N) is 1. The van der Waals surface area contributed by atoms with E-state index in [0.29, 0.717) is 18.8 Å². The van der Waals surface area contributed by atoms with Crippen LogP contribution in [0.4, 0.5) is 5.00 Å². The number of carbonyl (C=O) groups is 1. The van der Waals surface area contributed by atoms with E-state index >= 15 is 0 Å². The molecule has 0 aliphatic carbocycles. The van der Waals surface area contributed by atoms with Crippen LogP contribution in [0.25, 0.3) is 0 Å². The van der Waals surface area contributed by atoms with Gasteiger partial charge in [0.15, 0.2) is 5.69 Å². The molecule has 0 saturated heterocycles. The first-order chi connectivity index (χ1) is 8.72. The first-order valence-electron chi connectivity index (χ1n) is 5.59. The van der Waals surface area contributed by atoms with Crippen LogP contribution in [0.5, 0.6) is 0 Å². The fourth-order valence-corrected chi connectivity index (χ4v) is 2.97. The van der Waals surface area contributed by atoms with Crippen molar-refractivity contribution in [1.82, 2.24) is 4.98 Å². The standard InChI is InChI=1S/C12H14N2O2S2/c1-3-16-12(15)10-11(18-7-14-10)13-6-9-8(2)4-5-17-9/h4-5,7,13H,3,6H2,1-2H3. The Kier molecular flexibility index (Phi) is 4.33. The summed E-state index contributed by atoms with van der Waals surface area (Å²) in [6.07, 6.45) is 0. The van der Waals surface area contributed by atoms with Crippen molar-refractivity contribution in [3.8, 4) is 0 Å². The van der Waals surface area contributed by atoms with Gasteiger partial charge in [-0.25, -0.2) is 9.78 Å². The van der Waals surface area contributed by atoms with Crippen molar-refractivity contribution in [3.05, 3.63) is 33.1 Å². The Labute approximate surface area is 114 Å². The lowest BCUT2D eigenvalue weighted by molar-refractivity contribution is 0.0521. The van der Waals surface area contributed by atoms with E-state index in [0.717, 1.165) is 5.00 Å². The SMILES string of the molecule is CCOC(=O)c1ncsc1NCc1sccc1C. The number of esters is 1. The third kappa shape index (κ3) is 2.88. The Bertz CT molecular complexity index is 534. The number of ether oxygens (including phenoxy) is 1. The summed E-state index contributed by atoms with van der Waals surface area (Å²) in [6.45, 7) is 4.93. The number of aromatic nitrogens is 1. The smallest absolute Gasteiger partial charge is 0.360 e. The molecule has 0 aromatic carbocycles. The highest BCUT2D eigenvalue weighted by Gasteiger charge is 2.15. The molecule has 0 fully saturated rings. The second kappa shape index (κ2) is 5.97. The first kappa shape index (κ1) is 13.0. The Morgan fingerprint density at radius 3 is 3.00 bits per heavy atom. The summed E-state index contributed by atoms with van der Waals surface area (Å²) in [5.74, 6) is -0.371. The van der Waals surface area contributed by atoms with Gasteiger partial charge in [-0.05, 0) is 30.9 Å². The molecule has 4 nitrogen and oxygen atoms in total. The zero-order valence-electron chi connectivity index (χ0n) is 10.2.